The molecule has 2 aromatic carbocycles. The number of benzene rings is 2. The van der Waals surface area contributed by atoms with Crippen molar-refractivity contribution in [2.75, 3.05) is 30.1 Å². The SMILES string of the molecule is CC(C)N1CCc2cc(NN3CCOc4ccccc43)ccc2C1. The summed E-state index contributed by atoms with van der Waals surface area (Å²) in [5, 5.41) is 2.18. The van der Waals surface area contributed by atoms with Gasteiger partial charge < -0.3 is 4.74 Å². The first-order chi connectivity index (χ1) is 11.7. The van der Waals surface area contributed by atoms with Gasteiger partial charge in [0.05, 0.1) is 17.9 Å². The van der Waals surface area contributed by atoms with Gasteiger partial charge in [-0.05, 0) is 55.7 Å². The number of anilines is 2. The third-order valence-electron chi connectivity index (χ3n) is 4.97. The third-order valence-corrected chi connectivity index (χ3v) is 4.97. The van der Waals surface area contributed by atoms with Crippen LogP contribution in [-0.4, -0.2) is 30.6 Å². The Kier molecular flexibility index (Phi) is 4.07. The minimum atomic E-state index is 0.612. The van der Waals surface area contributed by atoms with Crippen molar-refractivity contribution >= 4 is 11.4 Å². The van der Waals surface area contributed by atoms with E-state index in [-0.39, 0.29) is 0 Å². The van der Waals surface area contributed by atoms with E-state index in [0.717, 1.165) is 43.2 Å². The van der Waals surface area contributed by atoms with E-state index in [4.69, 9.17) is 4.74 Å². The summed E-state index contributed by atoms with van der Waals surface area (Å²) >= 11 is 0. The molecule has 0 aromatic heterocycles. The van der Waals surface area contributed by atoms with Crippen LogP contribution in [0.4, 0.5) is 11.4 Å². The summed E-state index contributed by atoms with van der Waals surface area (Å²) in [6.07, 6.45) is 1.13. The van der Waals surface area contributed by atoms with Crippen LogP contribution in [0.1, 0.15) is 25.0 Å². The summed E-state index contributed by atoms with van der Waals surface area (Å²) in [4.78, 5) is 2.54. The van der Waals surface area contributed by atoms with E-state index < -0.39 is 0 Å². The Hall–Kier alpha value is -2.20. The molecule has 0 radical (unpaired) electrons. The monoisotopic (exact) mass is 323 g/mol. The standard InChI is InChI=1S/C20H25N3O/c1-15(2)22-10-9-16-13-18(8-7-17(16)14-22)21-23-11-12-24-20-6-4-3-5-19(20)23/h3-8,13,15,21H,9-12,14H2,1-2H3. The fraction of sp³-hybridized carbons (Fsp3) is 0.400. The molecule has 2 aliphatic heterocycles. The number of rotatable bonds is 3. The Balaban J connectivity index is 1.53. The van der Waals surface area contributed by atoms with Crippen LogP contribution in [0.3, 0.4) is 0 Å². The zero-order valence-electron chi connectivity index (χ0n) is 14.5. The molecule has 24 heavy (non-hydrogen) atoms. The highest BCUT2D eigenvalue weighted by atomic mass is 16.5. The number of hydrogen-bond donors (Lipinski definition) is 1. The zero-order valence-corrected chi connectivity index (χ0v) is 14.5. The van der Waals surface area contributed by atoms with Gasteiger partial charge in [0.2, 0.25) is 0 Å². The molecule has 0 saturated carbocycles. The van der Waals surface area contributed by atoms with Crippen LogP contribution in [0.5, 0.6) is 5.75 Å². The van der Waals surface area contributed by atoms with Crippen LogP contribution in [0.2, 0.25) is 0 Å². The molecule has 2 heterocycles. The van der Waals surface area contributed by atoms with Gasteiger partial charge in [-0.2, -0.15) is 0 Å². The minimum Gasteiger partial charge on any atom is -0.489 e. The predicted molar refractivity (Wildman–Crippen MR) is 98.6 cm³/mol. The summed E-state index contributed by atoms with van der Waals surface area (Å²) in [6.45, 7) is 8.31. The largest absolute Gasteiger partial charge is 0.489 e. The van der Waals surface area contributed by atoms with Gasteiger partial charge in [-0.3, -0.25) is 15.3 Å². The Morgan fingerprint density at radius 3 is 2.79 bits per heavy atom. The molecule has 0 atom stereocenters. The molecular formula is C20H25N3O. The molecule has 2 aliphatic rings. The van der Waals surface area contributed by atoms with Gasteiger partial charge in [-0.15, -0.1) is 0 Å². The lowest BCUT2D eigenvalue weighted by Gasteiger charge is -2.34. The quantitative estimate of drug-likeness (QED) is 0.932. The summed E-state index contributed by atoms with van der Waals surface area (Å²) in [7, 11) is 0. The van der Waals surface area contributed by atoms with Crippen LogP contribution >= 0.6 is 0 Å². The highest BCUT2D eigenvalue weighted by Crippen LogP contribution is 2.32. The maximum atomic E-state index is 5.73. The predicted octanol–water partition coefficient (Wildman–Crippen LogP) is 3.68. The molecule has 4 heteroatoms. The molecule has 0 bridgehead atoms. The van der Waals surface area contributed by atoms with Gasteiger partial charge in [0, 0.05) is 19.1 Å². The van der Waals surface area contributed by atoms with Crippen molar-refractivity contribution in [3.63, 3.8) is 0 Å². The second-order valence-electron chi connectivity index (χ2n) is 6.88. The van der Waals surface area contributed by atoms with E-state index in [1.165, 1.54) is 11.1 Å². The molecule has 4 rings (SSSR count). The molecule has 0 aliphatic carbocycles. The number of hydrazine groups is 1. The van der Waals surface area contributed by atoms with E-state index in [2.05, 4.69) is 59.5 Å². The third kappa shape index (κ3) is 2.94. The number of nitrogens with zero attached hydrogens (tertiary/aromatic N) is 2. The van der Waals surface area contributed by atoms with Crippen molar-refractivity contribution in [1.82, 2.24) is 4.90 Å². The zero-order chi connectivity index (χ0) is 16.5. The highest BCUT2D eigenvalue weighted by Gasteiger charge is 2.20. The lowest BCUT2D eigenvalue weighted by atomic mass is 9.98. The van der Waals surface area contributed by atoms with Crippen molar-refractivity contribution < 1.29 is 4.74 Å². The normalized spacial score (nSPS) is 17.2. The maximum Gasteiger partial charge on any atom is 0.144 e. The van der Waals surface area contributed by atoms with Crippen molar-refractivity contribution in [2.24, 2.45) is 0 Å². The average Bonchev–Trinajstić information content (AvgIpc) is 2.61. The topological polar surface area (TPSA) is 27.7 Å². The first kappa shape index (κ1) is 15.3. The maximum absolute atomic E-state index is 5.73. The van der Waals surface area contributed by atoms with Crippen LogP contribution in [-0.2, 0) is 13.0 Å². The lowest BCUT2D eigenvalue weighted by molar-refractivity contribution is 0.203. The number of fused-ring (bicyclic) bond motifs is 2. The van der Waals surface area contributed by atoms with Gasteiger partial charge in [-0.25, -0.2) is 0 Å². The van der Waals surface area contributed by atoms with Crippen LogP contribution < -0.4 is 15.2 Å². The molecule has 0 spiro atoms. The first-order valence-electron chi connectivity index (χ1n) is 8.82. The molecular weight excluding hydrogens is 298 g/mol. The molecule has 2 aromatic rings. The fourth-order valence-electron chi connectivity index (χ4n) is 3.53. The van der Waals surface area contributed by atoms with E-state index in [0.29, 0.717) is 12.6 Å². The van der Waals surface area contributed by atoms with Crippen molar-refractivity contribution in [1.29, 1.82) is 0 Å². The second-order valence-corrected chi connectivity index (χ2v) is 6.88. The molecule has 1 N–H and O–H groups in total. The molecule has 4 nitrogen and oxygen atoms in total. The van der Waals surface area contributed by atoms with Gasteiger partial charge in [0.1, 0.15) is 12.4 Å². The van der Waals surface area contributed by atoms with E-state index in [1.54, 1.807) is 0 Å². The van der Waals surface area contributed by atoms with Gasteiger partial charge in [0.25, 0.3) is 0 Å². The average molecular weight is 323 g/mol. The van der Waals surface area contributed by atoms with Gasteiger partial charge in [0.15, 0.2) is 0 Å². The lowest BCUT2D eigenvalue weighted by Crippen LogP contribution is -2.38. The van der Waals surface area contributed by atoms with E-state index in [1.807, 2.05) is 12.1 Å². The second kappa shape index (κ2) is 6.36. The van der Waals surface area contributed by atoms with Crippen LogP contribution in [0.25, 0.3) is 0 Å². The van der Waals surface area contributed by atoms with Gasteiger partial charge in [-0.1, -0.05) is 18.2 Å². The Labute approximate surface area is 144 Å². The van der Waals surface area contributed by atoms with E-state index >= 15 is 0 Å². The van der Waals surface area contributed by atoms with Crippen LogP contribution in [0.15, 0.2) is 42.5 Å². The Morgan fingerprint density at radius 1 is 1.04 bits per heavy atom. The number of hydrogen-bond acceptors (Lipinski definition) is 4. The summed E-state index contributed by atoms with van der Waals surface area (Å²) in [5.74, 6) is 0.946. The smallest absolute Gasteiger partial charge is 0.144 e. The van der Waals surface area contributed by atoms with Crippen molar-refractivity contribution in [3.8, 4) is 5.75 Å². The Bertz CT molecular complexity index is 729. The molecule has 0 saturated heterocycles. The number of nitrogens with one attached hydrogen (secondary N) is 1. The molecule has 0 unspecified atom stereocenters. The summed E-state index contributed by atoms with van der Waals surface area (Å²) < 4.78 is 5.73. The van der Waals surface area contributed by atoms with Crippen LogP contribution in [0, 0.1) is 0 Å². The fourth-order valence-corrected chi connectivity index (χ4v) is 3.53. The van der Waals surface area contributed by atoms with Crippen molar-refractivity contribution in [3.05, 3.63) is 53.6 Å². The molecule has 0 amide bonds. The first-order valence-corrected chi connectivity index (χ1v) is 8.82. The molecule has 0 fully saturated rings. The molecule has 126 valence electrons. The number of para-hydroxylation sites is 2. The summed E-state index contributed by atoms with van der Waals surface area (Å²) in [6, 6.07) is 15.6. The minimum absolute atomic E-state index is 0.612. The Morgan fingerprint density at radius 2 is 1.92 bits per heavy atom. The van der Waals surface area contributed by atoms with Gasteiger partial charge >= 0.3 is 0 Å². The number of ether oxygens (including phenoxy) is 1. The van der Waals surface area contributed by atoms with E-state index in [9.17, 15) is 0 Å². The summed E-state index contributed by atoms with van der Waals surface area (Å²) in [5.41, 5.74) is 8.75. The highest BCUT2D eigenvalue weighted by molar-refractivity contribution is 5.64. The van der Waals surface area contributed by atoms with Crippen molar-refractivity contribution in [2.45, 2.75) is 32.9 Å².